The molecule has 2 aromatic rings. The Morgan fingerprint density at radius 1 is 1.42 bits per heavy atom. The Balaban J connectivity index is 1.51. The number of carbonyl (C=O) groups excluding carboxylic acids is 1. The van der Waals surface area contributed by atoms with E-state index in [2.05, 4.69) is 37.3 Å². The van der Waals surface area contributed by atoms with Gasteiger partial charge in [0.1, 0.15) is 5.69 Å². The number of hydrogen-bond acceptors (Lipinski definition) is 5. The lowest BCUT2D eigenvalue weighted by atomic mass is 9.98. The molecule has 0 bridgehead atoms. The number of H-pyrrole nitrogens is 1. The lowest BCUT2D eigenvalue weighted by Crippen LogP contribution is -2.41. The maximum atomic E-state index is 12.2. The molecule has 1 amide bonds. The summed E-state index contributed by atoms with van der Waals surface area (Å²) in [5.41, 5.74) is 1.48. The maximum absolute atomic E-state index is 12.2. The second-order valence-electron chi connectivity index (χ2n) is 6.24. The molecule has 0 aliphatic carbocycles. The molecule has 0 saturated carbocycles. The van der Waals surface area contributed by atoms with Gasteiger partial charge in [0, 0.05) is 37.7 Å². The summed E-state index contributed by atoms with van der Waals surface area (Å²) in [7, 11) is 0. The average molecular weight is 328 g/mol. The predicted octanol–water partition coefficient (Wildman–Crippen LogP) is 1.80. The fourth-order valence-electron chi connectivity index (χ4n) is 3.07. The molecule has 0 aromatic carbocycles. The van der Waals surface area contributed by atoms with Gasteiger partial charge in [0.25, 0.3) is 5.91 Å². The van der Waals surface area contributed by atoms with Gasteiger partial charge >= 0.3 is 0 Å². The maximum Gasteiger partial charge on any atom is 0.271 e. The van der Waals surface area contributed by atoms with E-state index in [4.69, 9.17) is 0 Å². The van der Waals surface area contributed by atoms with E-state index >= 15 is 0 Å². The Hall–Kier alpha value is -2.44. The van der Waals surface area contributed by atoms with Crippen molar-refractivity contribution in [1.29, 1.82) is 0 Å². The molecule has 0 spiro atoms. The highest BCUT2D eigenvalue weighted by Crippen LogP contribution is 2.19. The van der Waals surface area contributed by atoms with Crippen molar-refractivity contribution < 1.29 is 4.79 Å². The van der Waals surface area contributed by atoms with Gasteiger partial charge in [0.05, 0.1) is 0 Å². The average Bonchev–Trinajstić information content (AvgIpc) is 3.10. The molecule has 0 unspecified atom stereocenters. The van der Waals surface area contributed by atoms with Crippen molar-refractivity contribution >= 4 is 11.9 Å². The first-order valence-corrected chi connectivity index (χ1v) is 8.60. The number of aromatic nitrogens is 4. The normalized spacial score (nSPS) is 17.7. The van der Waals surface area contributed by atoms with E-state index in [1.165, 1.54) is 0 Å². The molecule has 7 nitrogen and oxygen atoms in total. The summed E-state index contributed by atoms with van der Waals surface area (Å²) in [6.07, 6.45) is 7.66. The quantitative estimate of drug-likeness (QED) is 0.844. The SMILES string of the molecule is CCCc1cc(C(=O)NC[C@@H]2CCCN(c3ncccn3)C2)n[nH]1. The number of nitrogens with one attached hydrogen (secondary N) is 2. The number of anilines is 1. The molecule has 1 aliphatic rings. The fraction of sp³-hybridized carbons (Fsp3) is 0.529. The topological polar surface area (TPSA) is 86.8 Å². The van der Waals surface area contributed by atoms with Crippen LogP contribution in [0.5, 0.6) is 0 Å². The Labute approximate surface area is 141 Å². The van der Waals surface area contributed by atoms with Crippen LogP contribution in [-0.4, -0.2) is 45.7 Å². The van der Waals surface area contributed by atoms with E-state index in [1.54, 1.807) is 12.4 Å². The Morgan fingerprint density at radius 2 is 2.25 bits per heavy atom. The van der Waals surface area contributed by atoms with E-state index in [9.17, 15) is 4.79 Å². The van der Waals surface area contributed by atoms with E-state index in [0.717, 1.165) is 50.4 Å². The number of piperidine rings is 1. The van der Waals surface area contributed by atoms with Crippen LogP contribution >= 0.6 is 0 Å². The minimum absolute atomic E-state index is 0.110. The Morgan fingerprint density at radius 3 is 3.04 bits per heavy atom. The van der Waals surface area contributed by atoms with Gasteiger partial charge in [0.2, 0.25) is 5.95 Å². The van der Waals surface area contributed by atoms with Gasteiger partial charge in [-0.25, -0.2) is 9.97 Å². The molecule has 3 heterocycles. The van der Waals surface area contributed by atoms with Crippen molar-refractivity contribution in [3.63, 3.8) is 0 Å². The van der Waals surface area contributed by atoms with Gasteiger partial charge < -0.3 is 10.2 Å². The summed E-state index contributed by atoms with van der Waals surface area (Å²) in [6, 6.07) is 3.66. The van der Waals surface area contributed by atoms with Gasteiger partial charge in [-0.05, 0) is 37.3 Å². The zero-order valence-corrected chi connectivity index (χ0v) is 14.0. The second-order valence-corrected chi connectivity index (χ2v) is 6.24. The monoisotopic (exact) mass is 328 g/mol. The van der Waals surface area contributed by atoms with Crippen LogP contribution in [0.1, 0.15) is 42.4 Å². The summed E-state index contributed by atoms with van der Waals surface area (Å²) < 4.78 is 0. The largest absolute Gasteiger partial charge is 0.350 e. The van der Waals surface area contributed by atoms with Crippen LogP contribution in [0.4, 0.5) is 5.95 Å². The number of amides is 1. The molecule has 1 saturated heterocycles. The highest BCUT2D eigenvalue weighted by molar-refractivity contribution is 5.92. The Bertz CT molecular complexity index is 656. The molecule has 2 N–H and O–H groups in total. The standard InChI is InChI=1S/C17H24N6O/c1-2-5-14-10-15(22-21-14)16(24)20-11-13-6-3-9-23(12-13)17-18-7-4-8-19-17/h4,7-8,10,13H,2-3,5-6,9,11-12H2,1H3,(H,20,24)(H,21,22)/t13-/m0/s1. The molecule has 1 aliphatic heterocycles. The molecule has 24 heavy (non-hydrogen) atoms. The summed E-state index contributed by atoms with van der Waals surface area (Å²) in [5, 5.41) is 10.0. The first kappa shape index (κ1) is 16.4. The van der Waals surface area contributed by atoms with Crippen LogP contribution in [-0.2, 0) is 6.42 Å². The Kier molecular flexibility index (Phi) is 5.40. The van der Waals surface area contributed by atoms with Gasteiger partial charge in [-0.15, -0.1) is 0 Å². The summed E-state index contributed by atoms with van der Waals surface area (Å²) in [6.45, 7) is 4.59. The molecule has 2 aromatic heterocycles. The van der Waals surface area contributed by atoms with Crippen molar-refractivity contribution in [1.82, 2.24) is 25.5 Å². The van der Waals surface area contributed by atoms with Crippen molar-refractivity contribution in [2.75, 3.05) is 24.5 Å². The van der Waals surface area contributed by atoms with Gasteiger partial charge in [0.15, 0.2) is 0 Å². The van der Waals surface area contributed by atoms with E-state index < -0.39 is 0 Å². The van der Waals surface area contributed by atoms with Crippen LogP contribution < -0.4 is 10.2 Å². The predicted molar refractivity (Wildman–Crippen MR) is 91.9 cm³/mol. The van der Waals surface area contributed by atoms with Crippen molar-refractivity contribution in [3.8, 4) is 0 Å². The third-order valence-electron chi connectivity index (χ3n) is 4.29. The van der Waals surface area contributed by atoms with Crippen LogP contribution in [0.15, 0.2) is 24.5 Å². The number of aryl methyl sites for hydroxylation is 1. The van der Waals surface area contributed by atoms with E-state index in [1.807, 2.05) is 12.1 Å². The minimum Gasteiger partial charge on any atom is -0.350 e. The van der Waals surface area contributed by atoms with Gasteiger partial charge in [-0.2, -0.15) is 5.10 Å². The van der Waals surface area contributed by atoms with Crippen LogP contribution in [0.3, 0.4) is 0 Å². The molecule has 1 atom stereocenters. The zero-order chi connectivity index (χ0) is 16.8. The van der Waals surface area contributed by atoms with E-state index in [-0.39, 0.29) is 5.91 Å². The number of nitrogens with zero attached hydrogens (tertiary/aromatic N) is 4. The van der Waals surface area contributed by atoms with Crippen LogP contribution in [0.25, 0.3) is 0 Å². The molecule has 7 heteroatoms. The van der Waals surface area contributed by atoms with Gasteiger partial charge in [-0.1, -0.05) is 13.3 Å². The summed E-state index contributed by atoms with van der Waals surface area (Å²) in [4.78, 5) is 23.0. The van der Waals surface area contributed by atoms with Crippen LogP contribution in [0, 0.1) is 5.92 Å². The number of carbonyl (C=O) groups is 1. The lowest BCUT2D eigenvalue weighted by molar-refractivity contribution is 0.0940. The zero-order valence-electron chi connectivity index (χ0n) is 14.0. The number of aromatic amines is 1. The van der Waals surface area contributed by atoms with Crippen LogP contribution in [0.2, 0.25) is 0 Å². The van der Waals surface area contributed by atoms with Crippen molar-refractivity contribution in [2.45, 2.75) is 32.6 Å². The highest BCUT2D eigenvalue weighted by atomic mass is 16.1. The van der Waals surface area contributed by atoms with Gasteiger partial charge in [-0.3, -0.25) is 9.89 Å². The summed E-state index contributed by atoms with van der Waals surface area (Å²) >= 11 is 0. The molecule has 1 fully saturated rings. The van der Waals surface area contributed by atoms with E-state index in [0.29, 0.717) is 18.2 Å². The highest BCUT2D eigenvalue weighted by Gasteiger charge is 2.22. The third-order valence-corrected chi connectivity index (χ3v) is 4.29. The molecule has 3 rings (SSSR count). The number of rotatable bonds is 6. The first-order chi connectivity index (χ1) is 11.8. The molecule has 0 radical (unpaired) electrons. The fourth-order valence-corrected chi connectivity index (χ4v) is 3.07. The summed E-state index contributed by atoms with van der Waals surface area (Å²) in [5.74, 6) is 1.06. The lowest BCUT2D eigenvalue weighted by Gasteiger charge is -2.32. The minimum atomic E-state index is -0.110. The third kappa shape index (κ3) is 4.10. The molecular formula is C17H24N6O. The van der Waals surface area contributed by atoms with Crippen molar-refractivity contribution in [3.05, 3.63) is 35.9 Å². The van der Waals surface area contributed by atoms with Crippen molar-refractivity contribution in [2.24, 2.45) is 5.92 Å². The molecular weight excluding hydrogens is 304 g/mol. The number of hydrogen-bond donors (Lipinski definition) is 2. The molecule has 128 valence electrons. The smallest absolute Gasteiger partial charge is 0.271 e. The first-order valence-electron chi connectivity index (χ1n) is 8.60. The second kappa shape index (κ2) is 7.90.